The molecule has 3 aromatic rings. The zero-order valence-electron chi connectivity index (χ0n) is 36.9. The standard InChI is InChI=1S/C43H48O22/c1-18-34(56-19(2)44)38(59-22(5)47)40(61-24(7)49)42(55-18)54-17-32-36(57-20(3)45)39(60-23(6)48)41(62-25(8)50)43(65-32)64-31-16-30-33(37(35(31)53-10)58-21(4)46)28(51)15-29(63-30)26-11-13-27(52-9)14-12-26/h11-16,18,32,34,36,38-43H,17H2,1-10H3/t18-,32+,34-,36+,38-,39-,40+,41+,42+,43+/m1/s1. The fourth-order valence-electron chi connectivity index (χ4n) is 7.17. The molecule has 5 rings (SSSR count). The summed E-state index contributed by atoms with van der Waals surface area (Å²) in [6, 6.07) is 8.94. The molecule has 0 N–H and O–H groups in total. The zero-order chi connectivity index (χ0) is 47.9. The monoisotopic (exact) mass is 916 g/mol. The van der Waals surface area contributed by atoms with E-state index in [0.29, 0.717) is 11.3 Å². The average Bonchev–Trinajstić information content (AvgIpc) is 3.20. The molecule has 2 aliphatic rings. The molecule has 22 nitrogen and oxygen atoms in total. The number of carbonyl (C=O) groups excluding carboxylic acids is 7. The van der Waals surface area contributed by atoms with Crippen LogP contribution in [0.1, 0.15) is 55.4 Å². The van der Waals surface area contributed by atoms with Crippen LogP contribution < -0.4 is 24.4 Å². The third-order valence-corrected chi connectivity index (χ3v) is 9.52. The number of rotatable bonds is 15. The minimum Gasteiger partial charge on any atom is -0.497 e. The number of benzene rings is 2. The molecule has 0 spiro atoms. The second-order valence-corrected chi connectivity index (χ2v) is 14.6. The summed E-state index contributed by atoms with van der Waals surface area (Å²) in [5.74, 6) is -6.61. The Hall–Kier alpha value is -6.78. The van der Waals surface area contributed by atoms with E-state index in [1.807, 2.05) is 0 Å². The Morgan fingerprint density at radius 3 is 1.60 bits per heavy atom. The summed E-state index contributed by atoms with van der Waals surface area (Å²) in [7, 11) is 2.66. The van der Waals surface area contributed by atoms with Crippen molar-refractivity contribution in [3.63, 3.8) is 0 Å². The normalized spacial score (nSPS) is 25.0. The van der Waals surface area contributed by atoms with Crippen LogP contribution in [0.2, 0.25) is 0 Å². The van der Waals surface area contributed by atoms with E-state index >= 15 is 0 Å². The summed E-state index contributed by atoms with van der Waals surface area (Å²) in [5.41, 5.74) is -0.374. The Kier molecular flexibility index (Phi) is 16.1. The molecule has 3 heterocycles. The van der Waals surface area contributed by atoms with Crippen LogP contribution in [0.3, 0.4) is 0 Å². The summed E-state index contributed by atoms with van der Waals surface area (Å²) in [4.78, 5) is 101. The number of hydrogen-bond donors (Lipinski definition) is 0. The largest absolute Gasteiger partial charge is 0.497 e. The van der Waals surface area contributed by atoms with Crippen molar-refractivity contribution in [1.29, 1.82) is 0 Å². The second-order valence-electron chi connectivity index (χ2n) is 14.6. The van der Waals surface area contributed by atoms with Gasteiger partial charge in [-0.3, -0.25) is 38.4 Å². The van der Waals surface area contributed by atoms with Gasteiger partial charge < -0.3 is 66.0 Å². The van der Waals surface area contributed by atoms with Crippen LogP contribution in [0.5, 0.6) is 23.0 Å². The van der Waals surface area contributed by atoms with Crippen LogP contribution in [0, 0.1) is 0 Å². The van der Waals surface area contributed by atoms with Crippen molar-refractivity contribution in [2.24, 2.45) is 0 Å². The smallest absolute Gasteiger partial charge is 0.308 e. The zero-order valence-corrected chi connectivity index (χ0v) is 36.9. The van der Waals surface area contributed by atoms with E-state index in [4.69, 9.17) is 66.0 Å². The number of carbonyl (C=O) groups is 7. The Bertz CT molecular complexity index is 2340. The van der Waals surface area contributed by atoms with Crippen LogP contribution >= 0.6 is 0 Å². The van der Waals surface area contributed by atoms with Gasteiger partial charge in [0.1, 0.15) is 28.6 Å². The van der Waals surface area contributed by atoms with E-state index in [2.05, 4.69) is 0 Å². The fourth-order valence-corrected chi connectivity index (χ4v) is 7.17. The number of hydrogen-bond acceptors (Lipinski definition) is 22. The lowest BCUT2D eigenvalue weighted by atomic mass is 9.97. The van der Waals surface area contributed by atoms with E-state index in [0.717, 1.165) is 48.5 Å². The predicted octanol–water partition coefficient (Wildman–Crippen LogP) is 2.86. The van der Waals surface area contributed by atoms with Crippen molar-refractivity contribution < 1.29 is 99.6 Å². The number of esters is 7. The lowest BCUT2D eigenvalue weighted by Crippen LogP contribution is -2.64. The first-order valence-corrected chi connectivity index (χ1v) is 19.8. The van der Waals surface area contributed by atoms with Crippen LogP contribution in [-0.2, 0) is 76.2 Å². The Labute approximate surface area is 370 Å². The topological polar surface area (TPSA) is 270 Å². The highest BCUT2D eigenvalue weighted by molar-refractivity contribution is 5.92. The summed E-state index contributed by atoms with van der Waals surface area (Å²) < 4.78 is 80.4. The van der Waals surface area contributed by atoms with Gasteiger partial charge in [0.15, 0.2) is 53.7 Å². The van der Waals surface area contributed by atoms with Gasteiger partial charge in [-0.15, -0.1) is 0 Å². The molecule has 0 unspecified atom stereocenters. The maximum absolute atomic E-state index is 13.8. The Morgan fingerprint density at radius 1 is 0.569 bits per heavy atom. The SMILES string of the molecule is COc1ccc(-c2cc(=O)c3c(OC(C)=O)c(OC)c(O[C@H]4O[C@@H](CO[C@H]5O[C@H](C)[C@@H](OC(C)=O)[C@@H](OC(C)=O)[C@@H]5OC(C)=O)[C@H](OC(C)=O)[C@@H](OC(C)=O)[C@@H]4OC(C)=O)cc3o2)cc1. The van der Waals surface area contributed by atoms with Gasteiger partial charge in [0, 0.05) is 66.2 Å². The fraction of sp³-hybridized carbons (Fsp3) is 0.488. The lowest BCUT2D eigenvalue weighted by Gasteiger charge is -2.46. The van der Waals surface area contributed by atoms with Gasteiger partial charge in [-0.25, -0.2) is 0 Å². The van der Waals surface area contributed by atoms with Gasteiger partial charge in [-0.1, -0.05) is 0 Å². The molecule has 0 amide bonds. The van der Waals surface area contributed by atoms with Crippen molar-refractivity contribution >= 4 is 52.8 Å². The first-order valence-electron chi connectivity index (χ1n) is 19.8. The highest BCUT2D eigenvalue weighted by atomic mass is 16.8. The molecule has 22 heteroatoms. The van der Waals surface area contributed by atoms with Crippen molar-refractivity contribution in [2.45, 2.75) is 117 Å². The molecule has 2 aliphatic heterocycles. The first kappa shape index (κ1) is 49.2. The molecular weight excluding hydrogens is 868 g/mol. The van der Waals surface area contributed by atoms with E-state index in [1.54, 1.807) is 24.3 Å². The second kappa shape index (κ2) is 21.3. The molecule has 0 aliphatic carbocycles. The van der Waals surface area contributed by atoms with Crippen LogP contribution in [-0.4, -0.2) is 124 Å². The Balaban J connectivity index is 1.63. The van der Waals surface area contributed by atoms with Crippen LogP contribution in [0.25, 0.3) is 22.3 Å². The highest BCUT2D eigenvalue weighted by Crippen LogP contribution is 2.45. The third-order valence-electron chi connectivity index (χ3n) is 9.52. The minimum absolute atomic E-state index is 0.0829. The third kappa shape index (κ3) is 12.1. The minimum atomic E-state index is -1.85. The molecule has 0 saturated carbocycles. The molecule has 10 atom stereocenters. The molecule has 65 heavy (non-hydrogen) atoms. The van der Waals surface area contributed by atoms with Crippen molar-refractivity contribution in [3.8, 4) is 34.3 Å². The van der Waals surface area contributed by atoms with E-state index in [-0.39, 0.29) is 28.2 Å². The summed E-state index contributed by atoms with van der Waals surface area (Å²) in [6.07, 6.45) is -15.4. The first-order chi connectivity index (χ1) is 30.7. The van der Waals surface area contributed by atoms with E-state index in [1.165, 1.54) is 33.3 Å². The van der Waals surface area contributed by atoms with Crippen LogP contribution in [0.4, 0.5) is 0 Å². The maximum Gasteiger partial charge on any atom is 0.308 e. The molecular formula is C43H48O22. The highest BCUT2D eigenvalue weighted by Gasteiger charge is 2.55. The van der Waals surface area contributed by atoms with Gasteiger partial charge in [0.25, 0.3) is 0 Å². The van der Waals surface area contributed by atoms with Crippen molar-refractivity contribution in [2.75, 3.05) is 20.8 Å². The maximum atomic E-state index is 13.8. The molecule has 352 valence electrons. The molecule has 0 radical (unpaired) electrons. The predicted molar refractivity (Wildman–Crippen MR) is 215 cm³/mol. The van der Waals surface area contributed by atoms with Crippen molar-refractivity contribution in [3.05, 3.63) is 46.6 Å². The van der Waals surface area contributed by atoms with Crippen LogP contribution in [0.15, 0.2) is 45.6 Å². The van der Waals surface area contributed by atoms with Gasteiger partial charge >= 0.3 is 41.8 Å². The summed E-state index contributed by atoms with van der Waals surface area (Å²) in [6.45, 7) is 8.20. The molecule has 0 bridgehead atoms. The molecule has 2 aromatic carbocycles. The molecule has 2 saturated heterocycles. The number of methoxy groups -OCH3 is 2. The van der Waals surface area contributed by atoms with Gasteiger partial charge in [0.05, 0.1) is 26.9 Å². The van der Waals surface area contributed by atoms with Gasteiger partial charge in [0.2, 0.25) is 18.1 Å². The van der Waals surface area contributed by atoms with Crippen molar-refractivity contribution in [1.82, 2.24) is 0 Å². The van der Waals surface area contributed by atoms with E-state index in [9.17, 15) is 38.4 Å². The van der Waals surface area contributed by atoms with Gasteiger partial charge in [-0.05, 0) is 31.2 Å². The molecule has 2 fully saturated rings. The number of fused-ring (bicyclic) bond motifs is 1. The lowest BCUT2D eigenvalue weighted by molar-refractivity contribution is -0.323. The molecule has 1 aromatic heterocycles. The summed E-state index contributed by atoms with van der Waals surface area (Å²) >= 11 is 0. The number of ether oxygens (including phenoxy) is 13. The van der Waals surface area contributed by atoms with Gasteiger partial charge in [-0.2, -0.15) is 0 Å². The quantitative estimate of drug-likeness (QED) is 0.120. The van der Waals surface area contributed by atoms with E-state index < -0.39 is 121 Å². The Morgan fingerprint density at radius 2 is 1.08 bits per heavy atom. The average molecular weight is 917 g/mol. The summed E-state index contributed by atoms with van der Waals surface area (Å²) in [5, 5.41) is -0.228.